The molecule has 0 aliphatic carbocycles. The molecule has 0 radical (unpaired) electrons. The van der Waals surface area contributed by atoms with Crippen molar-refractivity contribution in [2.45, 2.75) is 6.92 Å². The lowest BCUT2D eigenvalue weighted by Crippen LogP contribution is -2.14. The molecule has 6 aromatic heterocycles. The molecule has 0 saturated carbocycles. The monoisotopic (exact) mass is 558 g/mol. The van der Waals surface area contributed by atoms with Gasteiger partial charge >= 0.3 is 11.9 Å². The molecule has 0 aliphatic heterocycles. The minimum Gasteiger partial charge on any atom is -0.462 e. The van der Waals surface area contributed by atoms with E-state index in [1.54, 1.807) is 78.2 Å². The van der Waals surface area contributed by atoms with Crippen molar-refractivity contribution in [2.24, 2.45) is 0 Å². The first kappa shape index (κ1) is 26.3. The summed E-state index contributed by atoms with van der Waals surface area (Å²) < 4.78 is 14.0. The van der Waals surface area contributed by atoms with Gasteiger partial charge in [0, 0.05) is 30.2 Å². The maximum absolute atomic E-state index is 13.4. The van der Waals surface area contributed by atoms with Gasteiger partial charge in [-0.2, -0.15) is 0 Å². The Hall–Kier alpha value is -5.90. The van der Waals surface area contributed by atoms with Crippen LogP contribution in [0.15, 0.2) is 104 Å². The standard InChI is InChI=1S/C32H22N4O6/c1-2-41-31(39)20-15-23-18-24(19-36(23)28(16-20)30(38)26-10-4-6-12-34-26)42-32(40)21-14-22-8-7-13-35(22)27(17-21)29(37)25-9-3-5-11-33-25/h3-19H,2H2,1H3. The third-order valence-electron chi connectivity index (χ3n) is 6.53. The molecule has 0 amide bonds. The van der Waals surface area contributed by atoms with Crippen LogP contribution >= 0.6 is 0 Å². The molecule has 42 heavy (non-hydrogen) atoms. The molecule has 206 valence electrons. The Labute approximate surface area is 238 Å². The third-order valence-corrected chi connectivity index (χ3v) is 6.53. The molecule has 0 saturated heterocycles. The van der Waals surface area contributed by atoms with Crippen LogP contribution in [0.1, 0.15) is 60.0 Å². The van der Waals surface area contributed by atoms with Crippen LogP contribution in [0.4, 0.5) is 0 Å². The van der Waals surface area contributed by atoms with Crippen molar-refractivity contribution >= 4 is 34.5 Å². The van der Waals surface area contributed by atoms with Crippen LogP contribution in [0, 0.1) is 0 Å². The first-order valence-corrected chi connectivity index (χ1v) is 13.0. The molecule has 0 spiro atoms. The van der Waals surface area contributed by atoms with Gasteiger partial charge < -0.3 is 18.3 Å². The fourth-order valence-corrected chi connectivity index (χ4v) is 4.62. The SMILES string of the molecule is CCOC(=O)c1cc(C(=O)c2ccccn2)n2cc(OC(=O)c3cc(C(=O)c4ccccn4)n4cccc4c3)cc2c1. The van der Waals surface area contributed by atoms with Gasteiger partial charge in [0.05, 0.1) is 40.8 Å². The second kappa shape index (κ2) is 10.9. The van der Waals surface area contributed by atoms with Crippen molar-refractivity contribution in [3.05, 3.63) is 138 Å². The average molecular weight is 559 g/mol. The highest BCUT2D eigenvalue weighted by molar-refractivity contribution is 6.09. The maximum atomic E-state index is 13.4. The molecule has 0 aliphatic rings. The smallest absolute Gasteiger partial charge is 0.343 e. The van der Waals surface area contributed by atoms with Gasteiger partial charge in [-0.3, -0.25) is 19.6 Å². The van der Waals surface area contributed by atoms with Gasteiger partial charge in [-0.25, -0.2) is 9.59 Å². The van der Waals surface area contributed by atoms with Gasteiger partial charge in [0.2, 0.25) is 11.6 Å². The van der Waals surface area contributed by atoms with Crippen molar-refractivity contribution < 1.29 is 28.7 Å². The van der Waals surface area contributed by atoms with Gasteiger partial charge in [-0.1, -0.05) is 12.1 Å². The Balaban J connectivity index is 1.38. The van der Waals surface area contributed by atoms with E-state index in [2.05, 4.69) is 9.97 Å². The van der Waals surface area contributed by atoms with Crippen molar-refractivity contribution in [3.63, 3.8) is 0 Å². The lowest BCUT2D eigenvalue weighted by molar-refractivity contribution is 0.0525. The van der Waals surface area contributed by atoms with Crippen LogP contribution in [-0.4, -0.2) is 48.9 Å². The predicted octanol–water partition coefficient (Wildman–Crippen LogP) is 4.84. The summed E-state index contributed by atoms with van der Waals surface area (Å²) in [6.07, 6.45) is 6.23. The number of esters is 2. The van der Waals surface area contributed by atoms with Crippen LogP contribution < -0.4 is 4.74 Å². The van der Waals surface area contributed by atoms with Gasteiger partial charge in [-0.05, 0) is 67.6 Å². The molecule has 10 heteroatoms. The Morgan fingerprint density at radius 1 is 0.690 bits per heavy atom. The molecule has 0 N–H and O–H groups in total. The predicted molar refractivity (Wildman–Crippen MR) is 151 cm³/mol. The summed E-state index contributed by atoms with van der Waals surface area (Å²) in [4.78, 5) is 60.8. The Morgan fingerprint density at radius 2 is 1.31 bits per heavy atom. The number of ketones is 2. The van der Waals surface area contributed by atoms with E-state index in [1.807, 2.05) is 0 Å². The minimum absolute atomic E-state index is 0.129. The number of carbonyl (C=O) groups excluding carboxylic acids is 4. The van der Waals surface area contributed by atoms with Crippen LogP contribution in [0.2, 0.25) is 0 Å². The summed E-state index contributed by atoms with van der Waals surface area (Å²) in [5, 5.41) is 0. The van der Waals surface area contributed by atoms with E-state index >= 15 is 0 Å². The van der Waals surface area contributed by atoms with Crippen LogP contribution in [0.5, 0.6) is 5.75 Å². The Bertz CT molecular complexity index is 1990. The van der Waals surface area contributed by atoms with E-state index in [1.165, 1.54) is 41.2 Å². The van der Waals surface area contributed by atoms with Crippen molar-refractivity contribution in [3.8, 4) is 5.75 Å². The Kier molecular flexibility index (Phi) is 6.85. The van der Waals surface area contributed by atoms with E-state index in [-0.39, 0.29) is 52.0 Å². The summed E-state index contributed by atoms with van der Waals surface area (Å²) in [5.41, 5.74) is 2.14. The first-order chi connectivity index (χ1) is 20.4. The second-order valence-corrected chi connectivity index (χ2v) is 9.23. The zero-order valence-electron chi connectivity index (χ0n) is 22.3. The molecule has 0 unspecified atom stereocenters. The van der Waals surface area contributed by atoms with Crippen molar-refractivity contribution in [1.82, 2.24) is 18.8 Å². The number of aromatic nitrogens is 4. The van der Waals surface area contributed by atoms with E-state index in [0.29, 0.717) is 11.0 Å². The van der Waals surface area contributed by atoms with E-state index in [0.717, 1.165) is 0 Å². The van der Waals surface area contributed by atoms with Crippen LogP contribution in [0.25, 0.3) is 11.0 Å². The molecule has 0 atom stereocenters. The average Bonchev–Trinajstić information content (AvgIpc) is 3.67. The number of ether oxygens (including phenoxy) is 2. The first-order valence-electron chi connectivity index (χ1n) is 13.0. The van der Waals surface area contributed by atoms with Crippen LogP contribution in [-0.2, 0) is 4.74 Å². The fraction of sp³-hybridized carbons (Fsp3) is 0.0625. The summed E-state index contributed by atoms with van der Waals surface area (Å²) in [6.45, 7) is 1.85. The number of nitrogens with zero attached hydrogens (tertiary/aromatic N) is 4. The van der Waals surface area contributed by atoms with Gasteiger partial charge in [0.1, 0.15) is 17.1 Å². The quantitative estimate of drug-likeness (QED) is 0.192. The maximum Gasteiger partial charge on any atom is 0.343 e. The number of rotatable bonds is 8. The van der Waals surface area contributed by atoms with Gasteiger partial charge in [0.15, 0.2) is 0 Å². The largest absolute Gasteiger partial charge is 0.462 e. The summed E-state index contributed by atoms with van der Waals surface area (Å²) in [6, 6.07) is 21.1. The van der Waals surface area contributed by atoms with Crippen LogP contribution in [0.3, 0.4) is 0 Å². The van der Waals surface area contributed by atoms with Crippen molar-refractivity contribution in [2.75, 3.05) is 6.61 Å². The molecule has 10 nitrogen and oxygen atoms in total. The third kappa shape index (κ3) is 4.92. The minimum atomic E-state index is -0.715. The summed E-state index contributed by atoms with van der Waals surface area (Å²) in [7, 11) is 0. The number of carbonyl (C=O) groups is 4. The number of pyridine rings is 4. The topological polar surface area (TPSA) is 121 Å². The van der Waals surface area contributed by atoms with Gasteiger partial charge in [0.25, 0.3) is 0 Å². The molecule has 6 heterocycles. The fourth-order valence-electron chi connectivity index (χ4n) is 4.62. The molecule has 6 rings (SSSR count). The number of hydrogen-bond acceptors (Lipinski definition) is 8. The van der Waals surface area contributed by atoms with E-state index < -0.39 is 17.7 Å². The molecule has 0 bridgehead atoms. The zero-order valence-corrected chi connectivity index (χ0v) is 22.3. The highest BCUT2D eigenvalue weighted by Gasteiger charge is 2.22. The molecule has 6 aromatic rings. The molecular weight excluding hydrogens is 536 g/mol. The number of hydrogen-bond donors (Lipinski definition) is 0. The van der Waals surface area contributed by atoms with E-state index in [9.17, 15) is 19.2 Å². The van der Waals surface area contributed by atoms with Crippen molar-refractivity contribution in [1.29, 1.82) is 0 Å². The lowest BCUT2D eigenvalue weighted by Gasteiger charge is -2.09. The second-order valence-electron chi connectivity index (χ2n) is 9.23. The van der Waals surface area contributed by atoms with E-state index in [4.69, 9.17) is 9.47 Å². The molecule has 0 fully saturated rings. The summed E-state index contributed by atoms with van der Waals surface area (Å²) in [5.74, 6) is -1.97. The highest BCUT2D eigenvalue weighted by atomic mass is 16.5. The molecular formula is C32H22N4O6. The zero-order chi connectivity index (χ0) is 29.2. The highest BCUT2D eigenvalue weighted by Crippen LogP contribution is 2.25. The molecule has 0 aromatic carbocycles. The normalized spacial score (nSPS) is 11.0. The summed E-state index contributed by atoms with van der Waals surface area (Å²) >= 11 is 0. The Morgan fingerprint density at radius 3 is 1.93 bits per heavy atom. The van der Waals surface area contributed by atoms with Gasteiger partial charge in [-0.15, -0.1) is 0 Å². The lowest BCUT2D eigenvalue weighted by atomic mass is 10.1. The number of fused-ring (bicyclic) bond motifs is 2.